The van der Waals surface area contributed by atoms with Gasteiger partial charge in [0.25, 0.3) is 0 Å². The van der Waals surface area contributed by atoms with Crippen molar-refractivity contribution in [2.24, 2.45) is 0 Å². The molecular formula is C17H12O10. The average molecular weight is 376 g/mol. The minimum atomic E-state index is -1.14. The molecule has 0 unspecified atom stereocenters. The fourth-order valence-electron chi connectivity index (χ4n) is 3.26. The first-order valence-electron chi connectivity index (χ1n) is 7.42. The Morgan fingerprint density at radius 2 is 0.815 bits per heavy atom. The van der Waals surface area contributed by atoms with Gasteiger partial charge >= 0.3 is 0 Å². The molecule has 0 amide bonds. The third-order valence-electron chi connectivity index (χ3n) is 4.62. The molecule has 0 spiro atoms. The van der Waals surface area contributed by atoms with E-state index < -0.39 is 73.7 Å². The van der Waals surface area contributed by atoms with Gasteiger partial charge in [0, 0.05) is 10.9 Å². The Hall–Kier alpha value is -4.08. The summed E-state index contributed by atoms with van der Waals surface area (Å²) in [6.45, 7) is 1.33. The summed E-state index contributed by atoms with van der Waals surface area (Å²) in [6.07, 6.45) is 0. The summed E-state index contributed by atoms with van der Waals surface area (Å²) >= 11 is 0. The first kappa shape index (κ1) is 16.4. The molecule has 0 aliphatic carbocycles. The lowest BCUT2D eigenvalue weighted by molar-refractivity contribution is 0.349. The number of aromatic hydroxyl groups is 9. The number of aryl methyl sites for hydroxylation is 1. The van der Waals surface area contributed by atoms with Crippen molar-refractivity contribution >= 4 is 32.7 Å². The van der Waals surface area contributed by atoms with E-state index in [0.717, 1.165) is 0 Å². The summed E-state index contributed by atoms with van der Waals surface area (Å²) in [5.74, 6) is -8.56. The van der Waals surface area contributed by atoms with Gasteiger partial charge in [-0.15, -0.1) is 0 Å². The van der Waals surface area contributed by atoms with Crippen LogP contribution in [0.25, 0.3) is 32.7 Å². The van der Waals surface area contributed by atoms with Crippen LogP contribution in [0, 0.1) is 6.92 Å². The molecule has 0 fully saturated rings. The predicted molar refractivity (Wildman–Crippen MR) is 90.9 cm³/mol. The van der Waals surface area contributed by atoms with Crippen LogP contribution in [-0.2, 0) is 0 Å². The Morgan fingerprint density at radius 3 is 1.41 bits per heavy atom. The Labute approximate surface area is 148 Å². The monoisotopic (exact) mass is 376 g/mol. The van der Waals surface area contributed by atoms with Crippen LogP contribution in [-0.4, -0.2) is 46.0 Å². The molecule has 0 saturated heterocycles. The fourth-order valence-corrected chi connectivity index (χ4v) is 3.26. The minimum Gasteiger partial charge on any atom is -0.504 e. The van der Waals surface area contributed by atoms with Crippen molar-refractivity contribution in [2.45, 2.75) is 6.92 Å². The van der Waals surface area contributed by atoms with E-state index in [1.54, 1.807) is 0 Å². The molecule has 1 aromatic heterocycles. The van der Waals surface area contributed by atoms with Gasteiger partial charge in [-0.25, -0.2) is 0 Å². The highest BCUT2D eigenvalue weighted by atomic mass is 16.4. The van der Waals surface area contributed by atoms with Crippen molar-refractivity contribution in [3.63, 3.8) is 0 Å². The highest BCUT2D eigenvalue weighted by Crippen LogP contribution is 2.59. The van der Waals surface area contributed by atoms with Crippen LogP contribution in [0.1, 0.15) is 5.56 Å². The van der Waals surface area contributed by atoms with Gasteiger partial charge in [0.1, 0.15) is 0 Å². The van der Waals surface area contributed by atoms with Gasteiger partial charge in [-0.3, -0.25) is 0 Å². The minimum absolute atomic E-state index is 0.0280. The molecule has 10 nitrogen and oxygen atoms in total. The number of fused-ring (bicyclic) bond motifs is 5. The molecule has 27 heavy (non-hydrogen) atoms. The Bertz CT molecular complexity index is 1320. The van der Waals surface area contributed by atoms with Gasteiger partial charge in [-0.1, -0.05) is 0 Å². The summed E-state index contributed by atoms with van der Waals surface area (Å²) in [7, 11) is 0. The highest BCUT2D eigenvalue weighted by Gasteiger charge is 2.31. The van der Waals surface area contributed by atoms with Crippen molar-refractivity contribution in [2.75, 3.05) is 0 Å². The standard InChI is InChI=1S/C17H12O10/c1-2-3-5-10(21)8(19)4-6(11(22)14(25)13(24)9(4)20)16(5)27-17(3)15(26)12(23)7(2)18/h18-26H,1H3. The van der Waals surface area contributed by atoms with E-state index >= 15 is 0 Å². The number of hydrogen-bond donors (Lipinski definition) is 9. The quantitative estimate of drug-likeness (QED) is 0.162. The molecule has 4 aromatic rings. The molecule has 9 N–H and O–H groups in total. The van der Waals surface area contributed by atoms with Crippen LogP contribution in [0.4, 0.5) is 0 Å². The average Bonchev–Trinajstić information content (AvgIpc) is 3.04. The van der Waals surface area contributed by atoms with E-state index in [1.165, 1.54) is 6.92 Å². The van der Waals surface area contributed by atoms with E-state index in [9.17, 15) is 46.0 Å². The molecule has 0 bridgehead atoms. The maximum atomic E-state index is 10.4. The van der Waals surface area contributed by atoms with Gasteiger partial charge in [0.2, 0.25) is 23.0 Å². The second-order valence-electron chi connectivity index (χ2n) is 6.02. The molecule has 0 radical (unpaired) electrons. The zero-order chi connectivity index (χ0) is 19.9. The Balaban J connectivity index is 2.47. The van der Waals surface area contributed by atoms with Crippen LogP contribution in [0.2, 0.25) is 0 Å². The molecule has 1 heterocycles. The molecule has 0 saturated carbocycles. The van der Waals surface area contributed by atoms with Crippen LogP contribution in [0.3, 0.4) is 0 Å². The lowest BCUT2D eigenvalue weighted by atomic mass is 9.98. The van der Waals surface area contributed by atoms with Crippen LogP contribution < -0.4 is 0 Å². The number of hydrogen-bond acceptors (Lipinski definition) is 10. The van der Waals surface area contributed by atoms with Gasteiger partial charge in [-0.2, -0.15) is 0 Å². The second kappa shape index (κ2) is 4.75. The lowest BCUT2D eigenvalue weighted by Crippen LogP contribution is -1.84. The maximum Gasteiger partial charge on any atom is 0.205 e. The van der Waals surface area contributed by atoms with Crippen LogP contribution >= 0.6 is 0 Å². The molecule has 10 heteroatoms. The molecule has 0 aliphatic heterocycles. The molecule has 140 valence electrons. The molecule has 4 rings (SSSR count). The molecule has 3 aromatic carbocycles. The van der Waals surface area contributed by atoms with Crippen molar-refractivity contribution in [3.05, 3.63) is 5.56 Å². The zero-order valence-corrected chi connectivity index (χ0v) is 13.4. The van der Waals surface area contributed by atoms with E-state index in [4.69, 9.17) is 4.42 Å². The third kappa shape index (κ3) is 1.68. The summed E-state index contributed by atoms with van der Waals surface area (Å²) in [4.78, 5) is 0. The SMILES string of the molecule is Cc1c(O)c(O)c(O)c2oc3c4c(O)c(O)c(O)c(O)c4c(O)c(O)c3c12. The maximum absolute atomic E-state index is 10.4. The normalized spacial score (nSPS) is 11.7. The van der Waals surface area contributed by atoms with E-state index in [-0.39, 0.29) is 16.3 Å². The van der Waals surface area contributed by atoms with E-state index in [1.807, 2.05) is 0 Å². The summed E-state index contributed by atoms with van der Waals surface area (Å²) in [5.41, 5.74) is -0.826. The van der Waals surface area contributed by atoms with Gasteiger partial charge in [0.15, 0.2) is 39.9 Å². The second-order valence-corrected chi connectivity index (χ2v) is 6.02. The summed E-state index contributed by atoms with van der Waals surface area (Å²) in [6, 6.07) is 0. The zero-order valence-electron chi connectivity index (χ0n) is 13.4. The molecular weight excluding hydrogens is 364 g/mol. The van der Waals surface area contributed by atoms with Crippen molar-refractivity contribution in [1.29, 1.82) is 0 Å². The number of phenols is 9. The largest absolute Gasteiger partial charge is 0.504 e. The highest BCUT2D eigenvalue weighted by molar-refractivity contribution is 6.25. The lowest BCUT2D eigenvalue weighted by Gasteiger charge is -2.12. The number of benzene rings is 3. The first-order valence-corrected chi connectivity index (χ1v) is 7.42. The number of furan rings is 1. The number of rotatable bonds is 0. The Kier molecular flexibility index (Phi) is 2.89. The van der Waals surface area contributed by atoms with Gasteiger partial charge in [0.05, 0.1) is 16.2 Å². The van der Waals surface area contributed by atoms with Crippen LogP contribution in [0.15, 0.2) is 4.42 Å². The summed E-state index contributed by atoms with van der Waals surface area (Å²) < 4.78 is 5.42. The van der Waals surface area contributed by atoms with Crippen molar-refractivity contribution < 1.29 is 50.4 Å². The first-order chi connectivity index (χ1) is 12.6. The molecule has 0 atom stereocenters. The topological polar surface area (TPSA) is 195 Å². The Morgan fingerprint density at radius 1 is 0.407 bits per heavy atom. The number of phenolic OH excluding ortho intramolecular Hbond substituents is 9. The van der Waals surface area contributed by atoms with Crippen molar-refractivity contribution in [3.8, 4) is 51.7 Å². The van der Waals surface area contributed by atoms with Crippen LogP contribution in [0.5, 0.6) is 51.7 Å². The fraction of sp³-hybridized carbons (Fsp3) is 0.0588. The molecule has 0 aliphatic rings. The van der Waals surface area contributed by atoms with Gasteiger partial charge in [-0.05, 0) is 6.92 Å². The van der Waals surface area contributed by atoms with Gasteiger partial charge < -0.3 is 50.4 Å². The predicted octanol–water partition coefficient (Wildman–Crippen LogP) is 2.40. The third-order valence-corrected chi connectivity index (χ3v) is 4.62. The summed E-state index contributed by atoms with van der Waals surface area (Å²) in [5, 5.41) is 88.8. The van der Waals surface area contributed by atoms with Crippen molar-refractivity contribution in [1.82, 2.24) is 0 Å². The van der Waals surface area contributed by atoms with E-state index in [2.05, 4.69) is 0 Å². The van der Waals surface area contributed by atoms with E-state index in [0.29, 0.717) is 0 Å². The smallest absolute Gasteiger partial charge is 0.205 e.